The molecular weight excluding hydrogens is 370 g/mol. The highest BCUT2D eigenvalue weighted by atomic mass is 79.9. The number of halogens is 2. The van der Waals surface area contributed by atoms with E-state index in [0.717, 1.165) is 4.47 Å². The minimum atomic E-state index is -0.327. The molecule has 1 heterocycles. The number of aryl methyl sites for hydroxylation is 1. The number of benzene rings is 1. The molecule has 0 spiro atoms. The van der Waals surface area contributed by atoms with Gasteiger partial charge in [-0.25, -0.2) is 0 Å². The molecule has 22 heavy (non-hydrogen) atoms. The van der Waals surface area contributed by atoms with Gasteiger partial charge in [-0.3, -0.25) is 4.79 Å². The van der Waals surface area contributed by atoms with Gasteiger partial charge >= 0.3 is 0 Å². The third-order valence-electron chi connectivity index (χ3n) is 2.98. The van der Waals surface area contributed by atoms with Gasteiger partial charge in [0, 0.05) is 22.0 Å². The molecule has 7 heteroatoms. The minimum Gasteiger partial charge on any atom is -0.423 e. The van der Waals surface area contributed by atoms with Crippen molar-refractivity contribution in [2.45, 2.75) is 33.2 Å². The standard InChI is InChI=1S/C15H17BrClN3O2/c1-8(2)4-13(15-20-19-9(3)22-15)18-14(21)10-5-11(16)7-12(17)6-10/h5-8,13H,4H2,1-3H3,(H,18,21). The van der Waals surface area contributed by atoms with E-state index in [1.807, 2.05) is 0 Å². The highest BCUT2D eigenvalue weighted by molar-refractivity contribution is 9.10. The van der Waals surface area contributed by atoms with E-state index in [4.69, 9.17) is 16.0 Å². The molecule has 1 aromatic heterocycles. The van der Waals surface area contributed by atoms with Crippen molar-refractivity contribution in [3.63, 3.8) is 0 Å². The van der Waals surface area contributed by atoms with Crippen LogP contribution >= 0.6 is 27.5 Å². The summed E-state index contributed by atoms with van der Waals surface area (Å²) in [6.45, 7) is 5.86. The summed E-state index contributed by atoms with van der Waals surface area (Å²) < 4.78 is 6.21. The number of carbonyl (C=O) groups excluding carboxylic acids is 1. The molecule has 0 bridgehead atoms. The van der Waals surface area contributed by atoms with Gasteiger partial charge in [0.05, 0.1) is 0 Å². The average Bonchev–Trinajstić information content (AvgIpc) is 2.83. The van der Waals surface area contributed by atoms with Crippen molar-refractivity contribution < 1.29 is 9.21 Å². The minimum absolute atomic E-state index is 0.232. The first-order chi connectivity index (χ1) is 10.3. The first-order valence-corrected chi connectivity index (χ1v) is 8.09. The van der Waals surface area contributed by atoms with Crippen LogP contribution in [0, 0.1) is 12.8 Å². The Morgan fingerprint density at radius 2 is 2.09 bits per heavy atom. The smallest absolute Gasteiger partial charge is 0.252 e. The van der Waals surface area contributed by atoms with Crippen molar-refractivity contribution in [1.29, 1.82) is 0 Å². The molecule has 1 aromatic carbocycles. The Hall–Kier alpha value is -1.40. The second kappa shape index (κ2) is 7.24. The van der Waals surface area contributed by atoms with E-state index >= 15 is 0 Å². The summed E-state index contributed by atoms with van der Waals surface area (Å²) in [6.07, 6.45) is 0.703. The Balaban J connectivity index is 2.20. The molecular formula is C15H17BrClN3O2. The lowest BCUT2D eigenvalue weighted by Gasteiger charge is -2.17. The SMILES string of the molecule is Cc1nnc(C(CC(C)C)NC(=O)c2cc(Cl)cc(Br)c2)o1. The Morgan fingerprint density at radius 1 is 1.36 bits per heavy atom. The molecule has 2 aromatic rings. The number of hydrogen-bond donors (Lipinski definition) is 1. The lowest BCUT2D eigenvalue weighted by molar-refractivity contribution is 0.0924. The summed E-state index contributed by atoms with van der Waals surface area (Å²) in [5.41, 5.74) is 0.476. The zero-order valence-corrected chi connectivity index (χ0v) is 14.9. The van der Waals surface area contributed by atoms with Crippen LogP contribution in [0.1, 0.15) is 48.4 Å². The normalized spacial score (nSPS) is 12.5. The first kappa shape index (κ1) is 17.0. The molecule has 118 valence electrons. The van der Waals surface area contributed by atoms with Crippen molar-refractivity contribution in [2.75, 3.05) is 0 Å². The van der Waals surface area contributed by atoms with Crippen LogP contribution in [0.5, 0.6) is 0 Å². The average molecular weight is 387 g/mol. The van der Waals surface area contributed by atoms with Gasteiger partial charge in [0.2, 0.25) is 11.8 Å². The molecule has 1 atom stereocenters. The van der Waals surface area contributed by atoms with Gasteiger partial charge in [-0.2, -0.15) is 0 Å². The van der Waals surface area contributed by atoms with Gasteiger partial charge < -0.3 is 9.73 Å². The number of hydrogen-bond acceptors (Lipinski definition) is 4. The number of aromatic nitrogens is 2. The number of nitrogens with zero attached hydrogens (tertiary/aromatic N) is 2. The van der Waals surface area contributed by atoms with Crippen LogP contribution in [0.3, 0.4) is 0 Å². The highest BCUT2D eigenvalue weighted by Crippen LogP contribution is 2.23. The predicted molar refractivity (Wildman–Crippen MR) is 87.8 cm³/mol. The van der Waals surface area contributed by atoms with Crippen LogP contribution in [0.4, 0.5) is 0 Å². The molecule has 0 aliphatic heterocycles. The summed E-state index contributed by atoms with van der Waals surface area (Å²) in [7, 11) is 0. The summed E-state index contributed by atoms with van der Waals surface area (Å²) in [6, 6.07) is 4.73. The molecule has 0 saturated carbocycles. The quantitative estimate of drug-likeness (QED) is 0.831. The van der Waals surface area contributed by atoms with Gasteiger partial charge in [0.1, 0.15) is 6.04 Å². The summed E-state index contributed by atoms with van der Waals surface area (Å²) in [4.78, 5) is 12.4. The molecule has 0 fully saturated rings. The molecule has 5 nitrogen and oxygen atoms in total. The molecule has 1 unspecified atom stereocenters. The van der Waals surface area contributed by atoms with Crippen molar-refractivity contribution in [3.05, 3.63) is 45.0 Å². The van der Waals surface area contributed by atoms with Crippen molar-refractivity contribution >= 4 is 33.4 Å². The zero-order chi connectivity index (χ0) is 16.3. The molecule has 0 aliphatic rings. The number of nitrogens with one attached hydrogen (secondary N) is 1. The largest absolute Gasteiger partial charge is 0.423 e. The fourth-order valence-corrected chi connectivity index (χ4v) is 2.93. The highest BCUT2D eigenvalue weighted by Gasteiger charge is 2.22. The molecule has 0 aliphatic carbocycles. The van der Waals surface area contributed by atoms with Crippen molar-refractivity contribution in [2.24, 2.45) is 5.92 Å². The Labute approximate surface area is 142 Å². The first-order valence-electron chi connectivity index (χ1n) is 6.92. The van der Waals surface area contributed by atoms with Gasteiger partial charge in [0.15, 0.2) is 0 Å². The zero-order valence-electron chi connectivity index (χ0n) is 12.6. The molecule has 1 N–H and O–H groups in total. The van der Waals surface area contributed by atoms with Crippen LogP contribution in [0.2, 0.25) is 5.02 Å². The van der Waals surface area contributed by atoms with E-state index in [2.05, 4.69) is 45.3 Å². The van der Waals surface area contributed by atoms with Gasteiger partial charge in [0.25, 0.3) is 5.91 Å². The Kier molecular flexibility index (Phi) is 5.58. The van der Waals surface area contributed by atoms with E-state index in [0.29, 0.717) is 34.7 Å². The fourth-order valence-electron chi connectivity index (χ4n) is 2.07. The molecule has 1 amide bonds. The van der Waals surface area contributed by atoms with E-state index in [9.17, 15) is 4.79 Å². The van der Waals surface area contributed by atoms with E-state index in [1.54, 1.807) is 25.1 Å². The van der Waals surface area contributed by atoms with Crippen LogP contribution in [-0.2, 0) is 0 Å². The third-order valence-corrected chi connectivity index (χ3v) is 3.65. The second-order valence-electron chi connectivity index (χ2n) is 5.47. The topological polar surface area (TPSA) is 68.0 Å². The van der Waals surface area contributed by atoms with Crippen molar-refractivity contribution in [1.82, 2.24) is 15.5 Å². The van der Waals surface area contributed by atoms with Gasteiger partial charge in [-0.1, -0.05) is 41.4 Å². The Morgan fingerprint density at radius 3 is 2.64 bits per heavy atom. The maximum Gasteiger partial charge on any atom is 0.252 e. The van der Waals surface area contributed by atoms with Gasteiger partial charge in [-0.05, 0) is 30.5 Å². The molecule has 0 radical (unpaired) electrons. The summed E-state index contributed by atoms with van der Waals surface area (Å²) in [5, 5.41) is 11.3. The van der Waals surface area contributed by atoms with Crippen LogP contribution in [-0.4, -0.2) is 16.1 Å². The second-order valence-corrected chi connectivity index (χ2v) is 6.83. The van der Waals surface area contributed by atoms with E-state index < -0.39 is 0 Å². The summed E-state index contributed by atoms with van der Waals surface area (Å²) in [5.74, 6) is 1.03. The van der Waals surface area contributed by atoms with E-state index in [-0.39, 0.29) is 11.9 Å². The lowest BCUT2D eigenvalue weighted by atomic mass is 10.0. The number of rotatable bonds is 5. The van der Waals surface area contributed by atoms with Crippen LogP contribution < -0.4 is 5.32 Å². The third kappa shape index (κ3) is 4.55. The molecule has 2 rings (SSSR count). The van der Waals surface area contributed by atoms with Gasteiger partial charge in [-0.15, -0.1) is 10.2 Å². The maximum absolute atomic E-state index is 12.4. The predicted octanol–water partition coefficient (Wildman–Crippen LogP) is 4.31. The fraction of sp³-hybridized carbons (Fsp3) is 0.400. The maximum atomic E-state index is 12.4. The number of amides is 1. The monoisotopic (exact) mass is 385 g/mol. The van der Waals surface area contributed by atoms with Crippen LogP contribution in [0.15, 0.2) is 27.1 Å². The number of carbonyl (C=O) groups is 1. The Bertz CT molecular complexity index is 652. The molecule has 0 saturated heterocycles. The summed E-state index contributed by atoms with van der Waals surface area (Å²) >= 11 is 9.32. The van der Waals surface area contributed by atoms with E-state index in [1.165, 1.54) is 0 Å². The van der Waals surface area contributed by atoms with Crippen LogP contribution in [0.25, 0.3) is 0 Å². The lowest BCUT2D eigenvalue weighted by Crippen LogP contribution is -2.29. The van der Waals surface area contributed by atoms with Crippen molar-refractivity contribution in [3.8, 4) is 0 Å².